The third-order valence-electron chi connectivity index (χ3n) is 4.09. The molecule has 3 atom stereocenters. The van der Waals surface area contributed by atoms with Gasteiger partial charge in [-0.1, -0.05) is 50.1 Å². The summed E-state index contributed by atoms with van der Waals surface area (Å²) in [5, 5.41) is 10.1. The number of benzene rings is 1. The van der Waals surface area contributed by atoms with E-state index in [1.54, 1.807) is 0 Å². The standard InChI is InChI=1S/C16H24O/c1-2-6-13-9-10-16(17)15(11-13)12-14-7-4-3-5-8-14/h3-5,7-8,13,15-17H,2,6,9-12H2,1H3. The molecule has 2 rings (SSSR count). The first-order valence-corrected chi connectivity index (χ1v) is 7.01. The van der Waals surface area contributed by atoms with Gasteiger partial charge in [-0.3, -0.25) is 0 Å². The molecule has 1 nitrogen and oxygen atoms in total. The van der Waals surface area contributed by atoms with Gasteiger partial charge in [-0.2, -0.15) is 0 Å². The van der Waals surface area contributed by atoms with Crippen molar-refractivity contribution in [2.45, 2.75) is 51.6 Å². The van der Waals surface area contributed by atoms with Crippen molar-refractivity contribution in [1.29, 1.82) is 0 Å². The molecular formula is C16H24O. The lowest BCUT2D eigenvalue weighted by Crippen LogP contribution is -2.30. The molecule has 0 radical (unpaired) electrons. The van der Waals surface area contributed by atoms with Gasteiger partial charge in [-0.15, -0.1) is 0 Å². The van der Waals surface area contributed by atoms with E-state index in [-0.39, 0.29) is 6.10 Å². The van der Waals surface area contributed by atoms with Crippen LogP contribution in [0.5, 0.6) is 0 Å². The van der Waals surface area contributed by atoms with Crippen molar-refractivity contribution in [3.8, 4) is 0 Å². The number of aliphatic hydroxyl groups excluding tert-OH is 1. The van der Waals surface area contributed by atoms with Crippen LogP contribution in [0.4, 0.5) is 0 Å². The predicted molar refractivity (Wildman–Crippen MR) is 71.9 cm³/mol. The molecule has 17 heavy (non-hydrogen) atoms. The second kappa shape index (κ2) is 6.20. The average molecular weight is 232 g/mol. The summed E-state index contributed by atoms with van der Waals surface area (Å²) < 4.78 is 0. The summed E-state index contributed by atoms with van der Waals surface area (Å²) in [5.74, 6) is 1.32. The van der Waals surface area contributed by atoms with E-state index in [9.17, 15) is 5.11 Å². The molecule has 1 N–H and O–H groups in total. The van der Waals surface area contributed by atoms with Gasteiger partial charge in [-0.05, 0) is 43.1 Å². The Morgan fingerprint density at radius 3 is 2.65 bits per heavy atom. The van der Waals surface area contributed by atoms with Crippen molar-refractivity contribution >= 4 is 0 Å². The summed E-state index contributed by atoms with van der Waals surface area (Å²) in [7, 11) is 0. The van der Waals surface area contributed by atoms with Gasteiger partial charge in [0.25, 0.3) is 0 Å². The van der Waals surface area contributed by atoms with Crippen LogP contribution in [0.2, 0.25) is 0 Å². The molecule has 0 bridgehead atoms. The maximum Gasteiger partial charge on any atom is 0.0571 e. The molecule has 1 aliphatic rings. The fraction of sp³-hybridized carbons (Fsp3) is 0.625. The fourth-order valence-electron chi connectivity index (χ4n) is 3.15. The van der Waals surface area contributed by atoms with Gasteiger partial charge in [0.2, 0.25) is 0 Å². The van der Waals surface area contributed by atoms with Gasteiger partial charge in [0.15, 0.2) is 0 Å². The Morgan fingerprint density at radius 1 is 1.18 bits per heavy atom. The van der Waals surface area contributed by atoms with Gasteiger partial charge in [-0.25, -0.2) is 0 Å². The van der Waals surface area contributed by atoms with E-state index in [2.05, 4.69) is 37.3 Å². The molecule has 1 heteroatoms. The van der Waals surface area contributed by atoms with Crippen molar-refractivity contribution in [2.24, 2.45) is 11.8 Å². The molecule has 94 valence electrons. The molecule has 0 aliphatic heterocycles. The summed E-state index contributed by atoms with van der Waals surface area (Å²) in [6, 6.07) is 10.6. The highest BCUT2D eigenvalue weighted by Gasteiger charge is 2.28. The van der Waals surface area contributed by atoms with E-state index in [1.807, 2.05) is 0 Å². The molecule has 0 saturated heterocycles. The summed E-state index contributed by atoms with van der Waals surface area (Å²) in [6.45, 7) is 2.26. The summed E-state index contributed by atoms with van der Waals surface area (Å²) in [4.78, 5) is 0. The van der Waals surface area contributed by atoms with E-state index in [4.69, 9.17) is 0 Å². The van der Waals surface area contributed by atoms with Crippen LogP contribution >= 0.6 is 0 Å². The van der Waals surface area contributed by atoms with E-state index in [1.165, 1.54) is 31.2 Å². The van der Waals surface area contributed by atoms with Gasteiger partial charge in [0.05, 0.1) is 6.10 Å². The van der Waals surface area contributed by atoms with E-state index >= 15 is 0 Å². The van der Waals surface area contributed by atoms with Crippen LogP contribution in [0.15, 0.2) is 30.3 Å². The summed E-state index contributed by atoms with van der Waals surface area (Å²) in [5.41, 5.74) is 1.37. The zero-order chi connectivity index (χ0) is 12.1. The highest BCUT2D eigenvalue weighted by atomic mass is 16.3. The Hall–Kier alpha value is -0.820. The van der Waals surface area contributed by atoms with Crippen LogP contribution in [0, 0.1) is 11.8 Å². The molecule has 0 heterocycles. The molecule has 0 aromatic heterocycles. The molecule has 1 aromatic rings. The fourth-order valence-corrected chi connectivity index (χ4v) is 3.15. The minimum absolute atomic E-state index is 0.0803. The Labute approximate surface area is 105 Å². The van der Waals surface area contributed by atoms with Gasteiger partial charge < -0.3 is 5.11 Å². The lowest BCUT2D eigenvalue weighted by molar-refractivity contribution is 0.0463. The Balaban J connectivity index is 1.94. The maximum absolute atomic E-state index is 10.1. The first-order chi connectivity index (χ1) is 8.29. The van der Waals surface area contributed by atoms with E-state index in [0.717, 1.165) is 18.8 Å². The van der Waals surface area contributed by atoms with Gasteiger partial charge in [0, 0.05) is 0 Å². The van der Waals surface area contributed by atoms with Crippen LogP contribution in [-0.2, 0) is 6.42 Å². The molecule has 1 saturated carbocycles. The predicted octanol–water partition coefficient (Wildman–Crippen LogP) is 3.81. The third kappa shape index (κ3) is 3.57. The Bertz CT molecular complexity index is 320. The maximum atomic E-state index is 10.1. The monoisotopic (exact) mass is 232 g/mol. The lowest BCUT2D eigenvalue weighted by atomic mass is 9.75. The summed E-state index contributed by atoms with van der Waals surface area (Å²) >= 11 is 0. The molecule has 1 aliphatic carbocycles. The van der Waals surface area contributed by atoms with Crippen LogP contribution in [0.3, 0.4) is 0 Å². The highest BCUT2D eigenvalue weighted by Crippen LogP contribution is 2.34. The number of rotatable bonds is 4. The first kappa shape index (κ1) is 12.6. The van der Waals surface area contributed by atoms with Crippen molar-refractivity contribution in [3.63, 3.8) is 0 Å². The number of aliphatic hydroxyl groups is 1. The SMILES string of the molecule is CCCC1CCC(O)C(Cc2ccccc2)C1. The molecule has 0 amide bonds. The van der Waals surface area contributed by atoms with Crippen molar-refractivity contribution < 1.29 is 5.11 Å². The second-order valence-electron chi connectivity index (χ2n) is 5.48. The zero-order valence-electron chi connectivity index (χ0n) is 10.8. The normalized spacial score (nSPS) is 29.2. The molecule has 1 aromatic carbocycles. The molecular weight excluding hydrogens is 208 g/mol. The number of hydrogen-bond donors (Lipinski definition) is 1. The minimum Gasteiger partial charge on any atom is -0.393 e. The zero-order valence-corrected chi connectivity index (χ0v) is 10.8. The first-order valence-electron chi connectivity index (χ1n) is 7.01. The topological polar surface area (TPSA) is 20.2 Å². The smallest absolute Gasteiger partial charge is 0.0571 e. The van der Waals surface area contributed by atoms with Crippen LogP contribution in [0.1, 0.15) is 44.6 Å². The van der Waals surface area contributed by atoms with Crippen molar-refractivity contribution in [1.82, 2.24) is 0 Å². The van der Waals surface area contributed by atoms with Gasteiger partial charge in [0.1, 0.15) is 0 Å². The Kier molecular flexibility index (Phi) is 4.61. The quantitative estimate of drug-likeness (QED) is 0.837. The van der Waals surface area contributed by atoms with Gasteiger partial charge >= 0.3 is 0 Å². The average Bonchev–Trinajstić information content (AvgIpc) is 2.35. The minimum atomic E-state index is -0.0803. The highest BCUT2D eigenvalue weighted by molar-refractivity contribution is 5.15. The molecule has 3 unspecified atom stereocenters. The number of hydrogen-bond acceptors (Lipinski definition) is 1. The van der Waals surface area contributed by atoms with Crippen molar-refractivity contribution in [3.05, 3.63) is 35.9 Å². The van der Waals surface area contributed by atoms with Crippen LogP contribution in [0.25, 0.3) is 0 Å². The molecule has 1 fully saturated rings. The van der Waals surface area contributed by atoms with Crippen molar-refractivity contribution in [2.75, 3.05) is 0 Å². The molecule has 0 spiro atoms. The largest absolute Gasteiger partial charge is 0.393 e. The van der Waals surface area contributed by atoms with E-state index in [0.29, 0.717) is 5.92 Å². The second-order valence-corrected chi connectivity index (χ2v) is 5.48. The van der Waals surface area contributed by atoms with E-state index < -0.39 is 0 Å². The third-order valence-corrected chi connectivity index (χ3v) is 4.09. The summed E-state index contributed by atoms with van der Waals surface area (Å²) in [6.07, 6.45) is 7.01. The Morgan fingerprint density at radius 2 is 1.94 bits per heavy atom. The van der Waals surface area contributed by atoms with Crippen LogP contribution in [-0.4, -0.2) is 11.2 Å². The van der Waals surface area contributed by atoms with Crippen LogP contribution < -0.4 is 0 Å². The lowest BCUT2D eigenvalue weighted by Gasteiger charge is -2.33.